The number of furan rings is 1. The minimum atomic E-state index is -0.186. The number of benzene rings is 1. The number of fused-ring (bicyclic) bond motifs is 1. The van der Waals surface area contributed by atoms with Crippen molar-refractivity contribution in [2.24, 2.45) is 0 Å². The molecule has 1 aromatic carbocycles. The molecule has 3 rings (SSSR count). The second-order valence-corrected chi connectivity index (χ2v) is 7.75. The lowest BCUT2D eigenvalue weighted by Crippen LogP contribution is -2.18. The SMILES string of the molecule is CCc1ncc(-c2oc3cc(N(C)S)c(Br)cc3c2C(=O)NC)s1. The Labute approximate surface area is 157 Å². The number of rotatable bonds is 4. The molecule has 0 aliphatic carbocycles. The predicted molar refractivity (Wildman–Crippen MR) is 105 cm³/mol. The Hall–Kier alpha value is -1.51. The molecule has 8 heteroatoms. The van der Waals surface area contributed by atoms with Crippen LogP contribution < -0.4 is 9.62 Å². The molecule has 5 nitrogen and oxygen atoms in total. The summed E-state index contributed by atoms with van der Waals surface area (Å²) in [5, 5.41) is 4.45. The molecule has 0 unspecified atom stereocenters. The lowest BCUT2D eigenvalue weighted by molar-refractivity contribution is 0.0965. The fraction of sp³-hybridized carbons (Fsp3) is 0.250. The first kappa shape index (κ1) is 17.3. The van der Waals surface area contributed by atoms with Crippen molar-refractivity contribution in [3.63, 3.8) is 0 Å². The van der Waals surface area contributed by atoms with Gasteiger partial charge in [-0.3, -0.25) is 4.79 Å². The number of thiol groups is 1. The molecule has 0 bridgehead atoms. The zero-order valence-corrected chi connectivity index (χ0v) is 16.7. The van der Waals surface area contributed by atoms with Crippen molar-refractivity contribution in [3.8, 4) is 10.6 Å². The molecule has 1 amide bonds. The van der Waals surface area contributed by atoms with Crippen LogP contribution >= 0.6 is 40.1 Å². The van der Waals surface area contributed by atoms with Gasteiger partial charge < -0.3 is 14.0 Å². The highest BCUT2D eigenvalue weighted by Gasteiger charge is 2.24. The van der Waals surface area contributed by atoms with E-state index in [2.05, 4.69) is 39.0 Å². The highest BCUT2D eigenvalue weighted by molar-refractivity contribution is 9.10. The highest BCUT2D eigenvalue weighted by atomic mass is 79.9. The van der Waals surface area contributed by atoms with E-state index in [1.54, 1.807) is 17.5 Å². The summed E-state index contributed by atoms with van der Waals surface area (Å²) in [5.41, 5.74) is 2.01. The van der Waals surface area contributed by atoms with Crippen LogP contribution in [0.5, 0.6) is 0 Å². The van der Waals surface area contributed by atoms with E-state index in [1.165, 1.54) is 11.3 Å². The normalized spacial score (nSPS) is 11.0. The van der Waals surface area contributed by atoms with Crippen LogP contribution in [0.2, 0.25) is 0 Å². The summed E-state index contributed by atoms with van der Waals surface area (Å²) in [5.74, 6) is 0.362. The maximum absolute atomic E-state index is 12.5. The van der Waals surface area contributed by atoms with E-state index in [1.807, 2.05) is 26.1 Å². The number of carbonyl (C=O) groups is 1. The van der Waals surface area contributed by atoms with Crippen LogP contribution in [-0.2, 0) is 6.42 Å². The van der Waals surface area contributed by atoms with Gasteiger partial charge in [-0.05, 0) is 28.4 Å². The van der Waals surface area contributed by atoms with Gasteiger partial charge in [-0.15, -0.1) is 11.3 Å². The predicted octanol–water partition coefficient (Wildman–Crippen LogP) is 4.52. The number of nitrogens with zero attached hydrogens (tertiary/aromatic N) is 2. The van der Waals surface area contributed by atoms with Gasteiger partial charge in [0.15, 0.2) is 5.76 Å². The Bertz CT molecular complexity index is 918. The summed E-state index contributed by atoms with van der Waals surface area (Å²) in [4.78, 5) is 17.7. The number of anilines is 1. The molecule has 1 N–H and O–H groups in total. The molecule has 0 atom stereocenters. The number of carbonyl (C=O) groups excluding carboxylic acids is 1. The third-order valence-electron chi connectivity index (χ3n) is 3.64. The molecule has 24 heavy (non-hydrogen) atoms. The van der Waals surface area contributed by atoms with Crippen molar-refractivity contribution in [1.29, 1.82) is 0 Å². The van der Waals surface area contributed by atoms with E-state index in [9.17, 15) is 4.79 Å². The van der Waals surface area contributed by atoms with Gasteiger partial charge >= 0.3 is 0 Å². The maximum atomic E-state index is 12.5. The summed E-state index contributed by atoms with van der Waals surface area (Å²) >= 11 is 9.40. The Kier molecular flexibility index (Phi) is 4.89. The molecule has 0 aliphatic rings. The van der Waals surface area contributed by atoms with Crippen LogP contribution in [0.4, 0.5) is 5.69 Å². The molecule has 2 aromatic heterocycles. The van der Waals surface area contributed by atoms with Crippen LogP contribution in [-0.4, -0.2) is 25.0 Å². The van der Waals surface area contributed by atoms with Gasteiger partial charge in [-0.25, -0.2) is 4.98 Å². The number of nitrogens with one attached hydrogen (secondary N) is 1. The van der Waals surface area contributed by atoms with E-state index in [0.29, 0.717) is 16.9 Å². The molecular formula is C16H16BrN3O2S2. The first-order chi connectivity index (χ1) is 11.5. The van der Waals surface area contributed by atoms with Crippen molar-refractivity contribution >= 4 is 62.6 Å². The second kappa shape index (κ2) is 6.78. The number of thiazole rings is 1. The molecular weight excluding hydrogens is 410 g/mol. The van der Waals surface area contributed by atoms with Crippen molar-refractivity contribution in [2.75, 3.05) is 18.4 Å². The molecule has 0 spiro atoms. The van der Waals surface area contributed by atoms with Crippen LogP contribution in [0.3, 0.4) is 0 Å². The van der Waals surface area contributed by atoms with E-state index < -0.39 is 0 Å². The van der Waals surface area contributed by atoms with Crippen molar-refractivity contribution in [1.82, 2.24) is 10.3 Å². The van der Waals surface area contributed by atoms with Gasteiger partial charge in [0.2, 0.25) is 0 Å². The van der Waals surface area contributed by atoms with Crippen LogP contribution in [0.1, 0.15) is 22.3 Å². The Morgan fingerprint density at radius 1 is 1.50 bits per heavy atom. The Morgan fingerprint density at radius 3 is 2.83 bits per heavy atom. The monoisotopic (exact) mass is 425 g/mol. The number of hydrogen-bond donors (Lipinski definition) is 2. The number of halogens is 1. The number of amides is 1. The molecule has 0 aliphatic heterocycles. The van der Waals surface area contributed by atoms with Gasteiger partial charge in [0, 0.05) is 36.2 Å². The average Bonchev–Trinajstić information content (AvgIpc) is 3.16. The largest absolute Gasteiger partial charge is 0.454 e. The van der Waals surface area contributed by atoms with Crippen molar-refractivity contribution in [2.45, 2.75) is 13.3 Å². The smallest absolute Gasteiger partial charge is 0.255 e. The fourth-order valence-electron chi connectivity index (χ4n) is 2.46. The first-order valence-corrected chi connectivity index (χ1v) is 9.33. The lowest BCUT2D eigenvalue weighted by Gasteiger charge is -2.12. The van der Waals surface area contributed by atoms with E-state index >= 15 is 0 Å². The molecule has 0 saturated heterocycles. The summed E-state index contributed by atoms with van der Waals surface area (Å²) in [6.45, 7) is 2.05. The number of aryl methyl sites for hydroxylation is 1. The summed E-state index contributed by atoms with van der Waals surface area (Å²) in [7, 11) is 3.44. The Morgan fingerprint density at radius 2 is 2.25 bits per heavy atom. The van der Waals surface area contributed by atoms with E-state index in [-0.39, 0.29) is 5.91 Å². The van der Waals surface area contributed by atoms with Gasteiger partial charge in [-0.2, -0.15) is 0 Å². The molecule has 126 valence electrons. The van der Waals surface area contributed by atoms with Crippen molar-refractivity contribution < 1.29 is 9.21 Å². The average molecular weight is 426 g/mol. The fourth-order valence-corrected chi connectivity index (χ4v) is 4.21. The topological polar surface area (TPSA) is 58.4 Å². The van der Waals surface area contributed by atoms with Crippen molar-refractivity contribution in [3.05, 3.63) is 33.4 Å². The maximum Gasteiger partial charge on any atom is 0.255 e. The summed E-state index contributed by atoms with van der Waals surface area (Å²) in [6.07, 6.45) is 2.61. The molecule has 0 radical (unpaired) electrons. The summed E-state index contributed by atoms with van der Waals surface area (Å²) < 4.78 is 8.56. The minimum absolute atomic E-state index is 0.186. The zero-order chi connectivity index (χ0) is 17.4. The highest BCUT2D eigenvalue weighted by Crippen LogP contribution is 2.40. The lowest BCUT2D eigenvalue weighted by atomic mass is 10.1. The second-order valence-electron chi connectivity index (χ2n) is 5.18. The van der Waals surface area contributed by atoms with Gasteiger partial charge in [0.05, 0.1) is 21.1 Å². The van der Waals surface area contributed by atoms with Gasteiger partial charge in [-0.1, -0.05) is 19.7 Å². The van der Waals surface area contributed by atoms with Crippen LogP contribution in [0, 0.1) is 0 Å². The standard InChI is InChI=1S/C16H16BrN3O2S2/c1-4-13-19-7-12(24-13)15-14(16(21)18-2)8-5-9(17)10(20(3)23)6-11(8)22-15/h5-7,23H,4H2,1-3H3,(H,18,21). The van der Waals surface area contributed by atoms with Gasteiger partial charge in [0.1, 0.15) is 5.58 Å². The number of hydrogen-bond acceptors (Lipinski definition) is 6. The quantitative estimate of drug-likeness (QED) is 0.603. The summed E-state index contributed by atoms with van der Waals surface area (Å²) in [6, 6.07) is 3.75. The third kappa shape index (κ3) is 2.94. The van der Waals surface area contributed by atoms with Crippen LogP contribution in [0.25, 0.3) is 21.6 Å². The third-order valence-corrected chi connectivity index (χ3v) is 5.63. The molecule has 0 fully saturated rings. The first-order valence-electron chi connectivity index (χ1n) is 7.32. The van der Waals surface area contributed by atoms with E-state index in [0.717, 1.165) is 31.9 Å². The minimum Gasteiger partial charge on any atom is -0.454 e. The Balaban J connectivity index is 2.29. The van der Waals surface area contributed by atoms with E-state index in [4.69, 9.17) is 4.42 Å². The molecule has 0 saturated carbocycles. The zero-order valence-electron chi connectivity index (χ0n) is 13.4. The molecule has 3 aromatic rings. The number of aromatic nitrogens is 1. The van der Waals surface area contributed by atoms with Crippen LogP contribution in [0.15, 0.2) is 27.2 Å². The van der Waals surface area contributed by atoms with Gasteiger partial charge in [0.25, 0.3) is 5.91 Å². The molecule has 2 heterocycles.